The van der Waals surface area contributed by atoms with Gasteiger partial charge in [-0.1, -0.05) is 18.2 Å². The van der Waals surface area contributed by atoms with E-state index in [4.69, 9.17) is 14.2 Å². The van der Waals surface area contributed by atoms with Gasteiger partial charge >= 0.3 is 0 Å². The molecule has 29 heavy (non-hydrogen) atoms. The summed E-state index contributed by atoms with van der Waals surface area (Å²) in [5.41, 5.74) is 2.03. The third-order valence-electron chi connectivity index (χ3n) is 4.06. The number of anilines is 1. The summed E-state index contributed by atoms with van der Waals surface area (Å²) in [5.74, 6) is 1.46. The fourth-order valence-corrected chi connectivity index (χ4v) is 2.73. The lowest BCUT2D eigenvalue weighted by atomic mass is 10.1. The first-order valence-corrected chi connectivity index (χ1v) is 9.53. The summed E-state index contributed by atoms with van der Waals surface area (Å²) in [6.07, 6.45) is 3.46. The van der Waals surface area contributed by atoms with Gasteiger partial charge in [0.05, 0.1) is 18.9 Å². The molecule has 1 amide bonds. The summed E-state index contributed by atoms with van der Waals surface area (Å²) >= 11 is 0. The number of amides is 1. The minimum atomic E-state index is -0.253. The maximum atomic E-state index is 12.7. The normalized spacial score (nSPS) is 10.3. The number of hydrogen-bond donors (Lipinski definition) is 1. The van der Waals surface area contributed by atoms with Crippen LogP contribution in [0.5, 0.6) is 17.2 Å². The molecule has 6 nitrogen and oxygen atoms in total. The van der Waals surface area contributed by atoms with Crippen LogP contribution in [-0.4, -0.2) is 24.1 Å². The molecular weight excluding hydrogens is 368 g/mol. The highest BCUT2D eigenvalue weighted by atomic mass is 16.5. The fraction of sp³-hybridized carbons (Fsp3) is 0.217. The molecule has 0 bridgehead atoms. The summed E-state index contributed by atoms with van der Waals surface area (Å²) in [6, 6.07) is 16.3. The van der Waals surface area contributed by atoms with Crippen LogP contribution in [0, 0.1) is 0 Å². The molecule has 0 saturated heterocycles. The van der Waals surface area contributed by atoms with Crippen molar-refractivity contribution in [2.75, 3.05) is 18.5 Å². The molecule has 1 N–H and O–H groups in total. The van der Waals surface area contributed by atoms with Crippen molar-refractivity contribution in [1.82, 2.24) is 4.98 Å². The molecule has 0 atom stereocenters. The number of aromatic nitrogens is 1. The first-order chi connectivity index (χ1) is 14.2. The number of hydrogen-bond acceptors (Lipinski definition) is 5. The lowest BCUT2D eigenvalue weighted by Crippen LogP contribution is -2.13. The van der Waals surface area contributed by atoms with Crippen LogP contribution in [0.3, 0.4) is 0 Å². The first-order valence-electron chi connectivity index (χ1n) is 9.53. The van der Waals surface area contributed by atoms with Gasteiger partial charge in [-0.05, 0) is 50.2 Å². The van der Waals surface area contributed by atoms with E-state index >= 15 is 0 Å². The average molecular weight is 392 g/mol. The number of ether oxygens (including phenoxy) is 3. The maximum Gasteiger partial charge on any atom is 0.255 e. The van der Waals surface area contributed by atoms with E-state index in [-0.39, 0.29) is 5.91 Å². The topological polar surface area (TPSA) is 69.7 Å². The lowest BCUT2D eigenvalue weighted by Gasteiger charge is -2.14. The van der Waals surface area contributed by atoms with Gasteiger partial charge in [0.2, 0.25) is 0 Å². The van der Waals surface area contributed by atoms with Gasteiger partial charge in [0.15, 0.2) is 11.5 Å². The van der Waals surface area contributed by atoms with Crippen LogP contribution in [0.2, 0.25) is 0 Å². The van der Waals surface area contributed by atoms with Crippen molar-refractivity contribution in [3.8, 4) is 17.2 Å². The third kappa shape index (κ3) is 5.48. The molecule has 150 valence electrons. The molecular formula is C23H24N2O4. The van der Waals surface area contributed by atoms with Crippen LogP contribution in [-0.2, 0) is 6.61 Å². The fourth-order valence-electron chi connectivity index (χ4n) is 2.73. The Kier molecular flexibility index (Phi) is 7.05. The van der Waals surface area contributed by atoms with Crippen LogP contribution in [0.15, 0.2) is 67.0 Å². The Labute approximate surface area is 170 Å². The van der Waals surface area contributed by atoms with Crippen molar-refractivity contribution in [3.05, 3.63) is 78.1 Å². The molecule has 0 aliphatic carbocycles. The van der Waals surface area contributed by atoms with Crippen LogP contribution in [0.25, 0.3) is 0 Å². The molecule has 0 saturated carbocycles. The Balaban J connectivity index is 1.76. The van der Waals surface area contributed by atoms with E-state index in [0.717, 1.165) is 5.56 Å². The highest BCUT2D eigenvalue weighted by Crippen LogP contribution is 2.30. The molecule has 0 aliphatic heterocycles. The Morgan fingerprint density at radius 3 is 2.45 bits per heavy atom. The van der Waals surface area contributed by atoms with Crippen molar-refractivity contribution in [3.63, 3.8) is 0 Å². The minimum Gasteiger partial charge on any atom is -0.492 e. The van der Waals surface area contributed by atoms with Crippen LogP contribution in [0.4, 0.5) is 5.69 Å². The minimum absolute atomic E-state index is 0.253. The van der Waals surface area contributed by atoms with Gasteiger partial charge in [0.25, 0.3) is 5.91 Å². The molecule has 0 aliphatic rings. The molecule has 3 aromatic rings. The van der Waals surface area contributed by atoms with Crippen LogP contribution in [0.1, 0.15) is 29.8 Å². The number of carbonyl (C=O) groups is 1. The zero-order valence-electron chi connectivity index (χ0n) is 16.6. The molecule has 2 aromatic carbocycles. The predicted octanol–water partition coefficient (Wildman–Crippen LogP) is 4.71. The Morgan fingerprint density at radius 2 is 1.69 bits per heavy atom. The van der Waals surface area contributed by atoms with E-state index in [9.17, 15) is 4.79 Å². The monoisotopic (exact) mass is 392 g/mol. The number of nitrogens with one attached hydrogen (secondary N) is 1. The van der Waals surface area contributed by atoms with E-state index in [0.29, 0.717) is 48.3 Å². The van der Waals surface area contributed by atoms with Crippen molar-refractivity contribution in [2.24, 2.45) is 0 Å². The second-order valence-electron chi connectivity index (χ2n) is 6.13. The Hall–Kier alpha value is -3.54. The smallest absolute Gasteiger partial charge is 0.255 e. The lowest BCUT2D eigenvalue weighted by molar-refractivity contribution is 0.102. The number of rotatable bonds is 9. The van der Waals surface area contributed by atoms with E-state index < -0.39 is 0 Å². The van der Waals surface area contributed by atoms with Crippen LogP contribution >= 0.6 is 0 Å². The second-order valence-corrected chi connectivity index (χ2v) is 6.13. The summed E-state index contributed by atoms with van der Waals surface area (Å²) in [7, 11) is 0. The molecule has 3 rings (SSSR count). The second kappa shape index (κ2) is 10.1. The standard InChI is InChI=1S/C23H24N2O4/c1-3-27-20-10-6-5-9-19(20)25-23(26)18-11-12-21(22(14-18)28-4-2)29-16-17-8-7-13-24-15-17/h5-15H,3-4,16H2,1-2H3,(H,25,26). The molecule has 6 heteroatoms. The zero-order valence-corrected chi connectivity index (χ0v) is 16.6. The molecule has 0 fully saturated rings. The summed E-state index contributed by atoms with van der Waals surface area (Å²) in [4.78, 5) is 16.8. The van der Waals surface area contributed by atoms with Crippen LogP contribution < -0.4 is 19.5 Å². The molecule has 0 spiro atoms. The quantitative estimate of drug-likeness (QED) is 0.571. The first kappa shape index (κ1) is 20.2. The Bertz CT molecular complexity index is 945. The van der Waals surface area contributed by atoms with Gasteiger partial charge in [0, 0.05) is 23.5 Å². The van der Waals surface area contributed by atoms with Crippen molar-refractivity contribution in [2.45, 2.75) is 20.5 Å². The van der Waals surface area contributed by atoms with Crippen molar-refractivity contribution in [1.29, 1.82) is 0 Å². The molecule has 0 unspecified atom stereocenters. The summed E-state index contributed by atoms with van der Waals surface area (Å²) in [6.45, 7) is 5.13. The Morgan fingerprint density at radius 1 is 0.897 bits per heavy atom. The average Bonchev–Trinajstić information content (AvgIpc) is 2.75. The van der Waals surface area contributed by atoms with E-state index in [1.54, 1.807) is 36.7 Å². The maximum absolute atomic E-state index is 12.7. The van der Waals surface area contributed by atoms with Gasteiger partial charge in [-0.15, -0.1) is 0 Å². The van der Waals surface area contributed by atoms with E-state index in [1.165, 1.54) is 0 Å². The van der Waals surface area contributed by atoms with Gasteiger partial charge in [-0.3, -0.25) is 9.78 Å². The van der Waals surface area contributed by atoms with Gasteiger partial charge < -0.3 is 19.5 Å². The number of benzene rings is 2. The number of carbonyl (C=O) groups excluding carboxylic acids is 1. The summed E-state index contributed by atoms with van der Waals surface area (Å²) < 4.78 is 17.1. The number of pyridine rings is 1. The highest BCUT2D eigenvalue weighted by Gasteiger charge is 2.14. The highest BCUT2D eigenvalue weighted by molar-refractivity contribution is 6.05. The SMILES string of the molecule is CCOc1ccccc1NC(=O)c1ccc(OCc2cccnc2)c(OCC)c1. The summed E-state index contributed by atoms with van der Waals surface area (Å²) in [5, 5.41) is 2.89. The third-order valence-corrected chi connectivity index (χ3v) is 4.06. The molecule has 1 aromatic heterocycles. The largest absolute Gasteiger partial charge is 0.492 e. The van der Waals surface area contributed by atoms with Gasteiger partial charge in [0.1, 0.15) is 12.4 Å². The molecule has 0 radical (unpaired) electrons. The van der Waals surface area contributed by atoms with Crippen molar-refractivity contribution < 1.29 is 19.0 Å². The van der Waals surface area contributed by atoms with E-state index in [2.05, 4.69) is 10.3 Å². The van der Waals surface area contributed by atoms with E-state index in [1.807, 2.05) is 44.2 Å². The van der Waals surface area contributed by atoms with Gasteiger partial charge in [-0.2, -0.15) is 0 Å². The zero-order chi connectivity index (χ0) is 20.5. The van der Waals surface area contributed by atoms with Crippen molar-refractivity contribution >= 4 is 11.6 Å². The predicted molar refractivity (Wildman–Crippen MR) is 112 cm³/mol. The number of para-hydroxylation sites is 2. The molecule has 1 heterocycles. The van der Waals surface area contributed by atoms with Gasteiger partial charge in [-0.25, -0.2) is 0 Å². The number of nitrogens with zero attached hydrogens (tertiary/aromatic N) is 1.